The summed E-state index contributed by atoms with van der Waals surface area (Å²) in [6.07, 6.45) is 1.38. The molecule has 2 aromatic rings. The maximum Gasteiger partial charge on any atom is 0.330 e. The van der Waals surface area contributed by atoms with Crippen LogP contribution in [-0.4, -0.2) is 34.6 Å². The third-order valence-corrected chi connectivity index (χ3v) is 3.38. The van der Waals surface area contributed by atoms with Crippen LogP contribution in [0.5, 0.6) is 5.75 Å². The molecular weight excluding hydrogens is 315 g/mol. The minimum Gasteiger partial charge on any atom is -0.505 e. The topological polar surface area (TPSA) is 88.5 Å². The highest BCUT2D eigenvalue weighted by Crippen LogP contribution is 2.25. The number of ether oxygens (including phenoxy) is 1. The second-order valence-corrected chi connectivity index (χ2v) is 5.67. The Kier molecular flexibility index (Phi) is 4.82. The van der Waals surface area contributed by atoms with Gasteiger partial charge in [0.05, 0.1) is 7.11 Å². The third-order valence-electron chi connectivity index (χ3n) is 3.38. The van der Waals surface area contributed by atoms with E-state index < -0.39 is 17.4 Å². The van der Waals surface area contributed by atoms with Gasteiger partial charge in [-0.25, -0.2) is 14.2 Å². The zero-order chi connectivity index (χ0) is 17.9. The second-order valence-electron chi connectivity index (χ2n) is 5.67. The number of nitrogens with one attached hydrogen (secondary N) is 1. The lowest BCUT2D eigenvalue weighted by molar-refractivity contribution is -0.146. The minimum atomic E-state index is -1.27. The standard InChI is InChI=1S/C17H17FN2O4/c1-17(2,16(23)24-3)20-15(22)14-13(21)8-11(9-19-14)10-4-6-12(18)7-5-10/h4-9,21H,1-3H3,(H,20,22). The van der Waals surface area contributed by atoms with Crippen molar-refractivity contribution in [2.24, 2.45) is 0 Å². The van der Waals surface area contributed by atoms with Crippen LogP contribution >= 0.6 is 0 Å². The minimum absolute atomic E-state index is 0.224. The number of rotatable bonds is 4. The predicted octanol–water partition coefficient (Wildman–Crippen LogP) is 2.27. The summed E-state index contributed by atoms with van der Waals surface area (Å²) in [6, 6.07) is 6.98. The van der Waals surface area contributed by atoms with E-state index in [1.54, 1.807) is 0 Å². The number of aromatic hydroxyl groups is 1. The van der Waals surface area contributed by atoms with Crippen LogP contribution < -0.4 is 5.32 Å². The summed E-state index contributed by atoms with van der Waals surface area (Å²) in [5.41, 5.74) is -0.328. The van der Waals surface area contributed by atoms with Gasteiger partial charge in [0.25, 0.3) is 5.91 Å². The number of amides is 1. The Morgan fingerprint density at radius 3 is 2.38 bits per heavy atom. The Morgan fingerprint density at radius 2 is 1.83 bits per heavy atom. The Hall–Kier alpha value is -2.96. The fourth-order valence-electron chi connectivity index (χ4n) is 2.08. The number of carbonyl (C=O) groups excluding carboxylic acids is 2. The van der Waals surface area contributed by atoms with Crippen LogP contribution in [0, 0.1) is 5.82 Å². The molecule has 1 aromatic heterocycles. The van der Waals surface area contributed by atoms with Crippen molar-refractivity contribution in [3.63, 3.8) is 0 Å². The van der Waals surface area contributed by atoms with Gasteiger partial charge in [-0.3, -0.25) is 4.79 Å². The van der Waals surface area contributed by atoms with E-state index in [1.807, 2.05) is 0 Å². The zero-order valence-corrected chi connectivity index (χ0v) is 13.5. The summed E-state index contributed by atoms with van der Waals surface area (Å²) < 4.78 is 17.5. The molecule has 1 amide bonds. The number of halogens is 1. The van der Waals surface area contributed by atoms with E-state index in [1.165, 1.54) is 57.5 Å². The van der Waals surface area contributed by atoms with Gasteiger partial charge in [0.1, 0.15) is 17.1 Å². The lowest BCUT2D eigenvalue weighted by Gasteiger charge is -2.22. The van der Waals surface area contributed by atoms with Crippen molar-refractivity contribution in [3.8, 4) is 16.9 Å². The SMILES string of the molecule is COC(=O)C(C)(C)NC(=O)c1ncc(-c2ccc(F)cc2)cc1O. The highest BCUT2D eigenvalue weighted by Gasteiger charge is 2.32. The molecule has 24 heavy (non-hydrogen) atoms. The summed E-state index contributed by atoms with van der Waals surface area (Å²) in [5, 5.41) is 12.5. The lowest BCUT2D eigenvalue weighted by atomic mass is 10.0. The maximum atomic E-state index is 12.9. The Morgan fingerprint density at radius 1 is 1.21 bits per heavy atom. The summed E-state index contributed by atoms with van der Waals surface area (Å²) in [7, 11) is 1.21. The van der Waals surface area contributed by atoms with Crippen molar-refractivity contribution in [3.05, 3.63) is 48.0 Å². The molecular formula is C17H17FN2O4. The van der Waals surface area contributed by atoms with E-state index in [0.29, 0.717) is 11.1 Å². The van der Waals surface area contributed by atoms with Crippen LogP contribution in [0.15, 0.2) is 36.5 Å². The number of carbonyl (C=O) groups is 2. The smallest absolute Gasteiger partial charge is 0.330 e. The average molecular weight is 332 g/mol. The van der Waals surface area contributed by atoms with Gasteiger partial charge in [-0.05, 0) is 37.6 Å². The fraction of sp³-hybridized carbons (Fsp3) is 0.235. The third kappa shape index (κ3) is 3.68. The molecule has 0 saturated carbocycles. The van der Waals surface area contributed by atoms with Crippen LogP contribution in [0.1, 0.15) is 24.3 Å². The van der Waals surface area contributed by atoms with Gasteiger partial charge < -0.3 is 15.2 Å². The first-order valence-electron chi connectivity index (χ1n) is 7.10. The van der Waals surface area contributed by atoms with Gasteiger partial charge in [0, 0.05) is 11.8 Å². The molecule has 0 spiro atoms. The molecule has 2 rings (SSSR count). The quantitative estimate of drug-likeness (QED) is 0.839. The summed E-state index contributed by atoms with van der Waals surface area (Å²) in [4.78, 5) is 27.7. The van der Waals surface area contributed by atoms with E-state index in [0.717, 1.165) is 0 Å². The van der Waals surface area contributed by atoms with Gasteiger partial charge in [-0.1, -0.05) is 12.1 Å². The molecule has 0 radical (unpaired) electrons. The number of nitrogens with zero attached hydrogens (tertiary/aromatic N) is 1. The second kappa shape index (κ2) is 6.66. The summed E-state index contributed by atoms with van der Waals surface area (Å²) >= 11 is 0. The molecule has 0 aliphatic heterocycles. The van der Waals surface area contributed by atoms with E-state index in [-0.39, 0.29) is 17.3 Å². The van der Waals surface area contributed by atoms with Crippen LogP contribution in [0.3, 0.4) is 0 Å². The molecule has 1 heterocycles. The molecule has 0 aliphatic rings. The summed E-state index contributed by atoms with van der Waals surface area (Å²) in [5.74, 6) is -2.07. The van der Waals surface area contributed by atoms with Crippen molar-refractivity contribution in [2.75, 3.05) is 7.11 Å². The van der Waals surface area contributed by atoms with Crippen molar-refractivity contribution in [1.29, 1.82) is 0 Å². The molecule has 6 nitrogen and oxygen atoms in total. The van der Waals surface area contributed by atoms with E-state index >= 15 is 0 Å². The molecule has 0 fully saturated rings. The Balaban J connectivity index is 2.25. The molecule has 7 heteroatoms. The van der Waals surface area contributed by atoms with Gasteiger partial charge in [0.15, 0.2) is 5.69 Å². The first kappa shape index (κ1) is 17.4. The molecule has 126 valence electrons. The number of hydrogen-bond donors (Lipinski definition) is 2. The van der Waals surface area contributed by atoms with Crippen LogP contribution in [0.2, 0.25) is 0 Å². The number of methoxy groups -OCH3 is 1. The number of esters is 1. The summed E-state index contributed by atoms with van der Waals surface area (Å²) in [6.45, 7) is 2.95. The van der Waals surface area contributed by atoms with Crippen LogP contribution in [0.25, 0.3) is 11.1 Å². The van der Waals surface area contributed by atoms with E-state index in [4.69, 9.17) is 0 Å². The van der Waals surface area contributed by atoms with Gasteiger partial charge in [-0.2, -0.15) is 0 Å². The molecule has 0 unspecified atom stereocenters. The first-order valence-corrected chi connectivity index (χ1v) is 7.10. The van der Waals surface area contributed by atoms with Crippen molar-refractivity contribution in [1.82, 2.24) is 10.3 Å². The van der Waals surface area contributed by atoms with Crippen molar-refractivity contribution >= 4 is 11.9 Å². The molecule has 2 N–H and O–H groups in total. The van der Waals surface area contributed by atoms with Crippen molar-refractivity contribution < 1.29 is 23.8 Å². The highest BCUT2D eigenvalue weighted by atomic mass is 19.1. The predicted molar refractivity (Wildman–Crippen MR) is 84.9 cm³/mol. The normalized spacial score (nSPS) is 11.0. The zero-order valence-electron chi connectivity index (χ0n) is 13.5. The number of pyridine rings is 1. The lowest BCUT2D eigenvalue weighted by Crippen LogP contribution is -2.50. The van der Waals surface area contributed by atoms with Crippen molar-refractivity contribution in [2.45, 2.75) is 19.4 Å². The number of benzene rings is 1. The monoisotopic (exact) mass is 332 g/mol. The fourth-order valence-corrected chi connectivity index (χ4v) is 2.08. The molecule has 0 saturated heterocycles. The largest absolute Gasteiger partial charge is 0.505 e. The van der Waals surface area contributed by atoms with Gasteiger partial charge in [-0.15, -0.1) is 0 Å². The van der Waals surface area contributed by atoms with E-state index in [2.05, 4.69) is 15.0 Å². The van der Waals surface area contributed by atoms with Crippen LogP contribution in [0.4, 0.5) is 4.39 Å². The molecule has 0 atom stereocenters. The van der Waals surface area contributed by atoms with Gasteiger partial charge in [0.2, 0.25) is 0 Å². The Labute approximate surface area is 138 Å². The maximum absolute atomic E-state index is 12.9. The highest BCUT2D eigenvalue weighted by molar-refractivity contribution is 5.98. The molecule has 0 aliphatic carbocycles. The van der Waals surface area contributed by atoms with Gasteiger partial charge >= 0.3 is 5.97 Å². The van der Waals surface area contributed by atoms with Crippen LogP contribution in [-0.2, 0) is 9.53 Å². The first-order chi connectivity index (χ1) is 11.2. The molecule has 1 aromatic carbocycles. The number of aromatic nitrogens is 1. The average Bonchev–Trinajstić information content (AvgIpc) is 2.54. The Bertz CT molecular complexity index is 773. The van der Waals surface area contributed by atoms with E-state index in [9.17, 15) is 19.1 Å². The molecule has 0 bridgehead atoms. The number of hydrogen-bond acceptors (Lipinski definition) is 5.